The van der Waals surface area contributed by atoms with Gasteiger partial charge in [-0.25, -0.2) is 0 Å². The van der Waals surface area contributed by atoms with Crippen molar-refractivity contribution in [3.05, 3.63) is 23.5 Å². The van der Waals surface area contributed by atoms with E-state index >= 15 is 0 Å². The second-order valence-electron chi connectivity index (χ2n) is 5.62. The second kappa shape index (κ2) is 6.21. The molecule has 0 spiro atoms. The van der Waals surface area contributed by atoms with Crippen LogP contribution in [0.1, 0.15) is 17.5 Å². The molecular formula is C14H19F3N4O. The number of aromatic nitrogens is 1. The predicted octanol–water partition coefficient (Wildman–Crippen LogP) is 2.02. The highest BCUT2D eigenvalue weighted by atomic mass is 19.4. The number of likely N-dealkylation sites (tertiary alicyclic amines) is 1. The molecule has 0 saturated carbocycles. The Morgan fingerprint density at radius 2 is 2.18 bits per heavy atom. The molecule has 1 aliphatic rings. The van der Waals surface area contributed by atoms with Crippen LogP contribution in [0.25, 0.3) is 0 Å². The minimum absolute atomic E-state index is 0.244. The number of hydrogen-bond donors (Lipinski definition) is 3. The lowest BCUT2D eigenvalue weighted by atomic mass is 10.1. The van der Waals surface area contributed by atoms with Crippen molar-refractivity contribution in [3.63, 3.8) is 0 Å². The maximum absolute atomic E-state index is 12.8. The van der Waals surface area contributed by atoms with Crippen molar-refractivity contribution in [1.29, 1.82) is 10.8 Å². The average Bonchev–Trinajstić information content (AvgIpc) is 2.96. The van der Waals surface area contributed by atoms with Gasteiger partial charge in [0.05, 0.1) is 6.10 Å². The van der Waals surface area contributed by atoms with Crippen LogP contribution in [-0.2, 0) is 6.54 Å². The molecule has 2 unspecified atom stereocenters. The standard InChI is InChI=1S/C14H19F3N4O/c1-9-5-21(13(19)12(4-18)14(15,16)17)7-10(9)6-20-3-2-11(22)8-20/h4-5,7,11-12,18-19,22H,2-3,6,8H2,1H3. The molecule has 2 atom stereocenters. The first-order chi connectivity index (χ1) is 10.2. The number of aliphatic hydroxyl groups is 1. The molecule has 8 heteroatoms. The highest BCUT2D eigenvalue weighted by Gasteiger charge is 2.42. The van der Waals surface area contributed by atoms with E-state index in [9.17, 15) is 18.3 Å². The van der Waals surface area contributed by atoms with Gasteiger partial charge in [0.15, 0.2) is 0 Å². The minimum atomic E-state index is -4.64. The Morgan fingerprint density at radius 1 is 1.50 bits per heavy atom. The zero-order valence-electron chi connectivity index (χ0n) is 12.2. The lowest BCUT2D eigenvalue weighted by Gasteiger charge is -2.17. The van der Waals surface area contributed by atoms with Crippen LogP contribution in [0, 0.1) is 23.7 Å². The third kappa shape index (κ3) is 3.56. The predicted molar refractivity (Wildman–Crippen MR) is 76.5 cm³/mol. The molecule has 2 heterocycles. The minimum Gasteiger partial charge on any atom is -0.392 e. The van der Waals surface area contributed by atoms with Crippen LogP contribution >= 0.6 is 0 Å². The Bertz CT molecular complexity index is 567. The normalized spacial score (nSPS) is 21.0. The summed E-state index contributed by atoms with van der Waals surface area (Å²) in [5, 5.41) is 24.1. The van der Waals surface area contributed by atoms with Crippen molar-refractivity contribution < 1.29 is 18.3 Å². The summed E-state index contributed by atoms with van der Waals surface area (Å²) in [6.45, 7) is 3.60. The van der Waals surface area contributed by atoms with Gasteiger partial charge in [0.2, 0.25) is 0 Å². The number of aryl methyl sites for hydroxylation is 1. The zero-order valence-corrected chi connectivity index (χ0v) is 12.2. The summed E-state index contributed by atoms with van der Waals surface area (Å²) in [4.78, 5) is 2.03. The van der Waals surface area contributed by atoms with Gasteiger partial charge >= 0.3 is 6.18 Å². The van der Waals surface area contributed by atoms with Crippen LogP contribution in [0.2, 0.25) is 0 Å². The van der Waals surface area contributed by atoms with Crippen molar-refractivity contribution in [1.82, 2.24) is 9.47 Å². The first-order valence-electron chi connectivity index (χ1n) is 6.96. The summed E-state index contributed by atoms with van der Waals surface area (Å²) in [5.41, 5.74) is 1.61. The third-order valence-electron chi connectivity index (χ3n) is 3.87. The zero-order chi connectivity index (χ0) is 16.5. The molecule has 0 aromatic carbocycles. The van der Waals surface area contributed by atoms with Crippen LogP contribution in [-0.4, -0.2) is 52.0 Å². The highest BCUT2D eigenvalue weighted by Crippen LogP contribution is 2.27. The number of nitrogens with one attached hydrogen (secondary N) is 2. The van der Waals surface area contributed by atoms with E-state index < -0.39 is 17.9 Å². The Kier molecular flexibility index (Phi) is 4.72. The van der Waals surface area contributed by atoms with Gasteiger partial charge in [-0.2, -0.15) is 13.2 Å². The van der Waals surface area contributed by atoms with Gasteiger partial charge in [0.25, 0.3) is 0 Å². The molecular weight excluding hydrogens is 297 g/mol. The molecule has 122 valence electrons. The van der Waals surface area contributed by atoms with E-state index in [1.807, 2.05) is 4.90 Å². The third-order valence-corrected chi connectivity index (χ3v) is 3.87. The van der Waals surface area contributed by atoms with E-state index in [1.54, 1.807) is 6.92 Å². The number of alkyl halides is 3. The number of β-amino-alcohol motifs (C(OH)–C–C–N with tert-alkyl or cyclic N) is 1. The average molecular weight is 316 g/mol. The van der Waals surface area contributed by atoms with Crippen molar-refractivity contribution >= 4 is 12.1 Å². The summed E-state index contributed by atoms with van der Waals surface area (Å²) in [6.07, 6.45) is -1.07. The van der Waals surface area contributed by atoms with Crippen LogP contribution in [0.3, 0.4) is 0 Å². The van der Waals surface area contributed by atoms with Gasteiger partial charge in [-0.3, -0.25) is 10.3 Å². The molecule has 5 nitrogen and oxygen atoms in total. The van der Waals surface area contributed by atoms with Crippen molar-refractivity contribution in [2.75, 3.05) is 13.1 Å². The van der Waals surface area contributed by atoms with Crippen LogP contribution < -0.4 is 0 Å². The van der Waals surface area contributed by atoms with E-state index in [0.717, 1.165) is 22.2 Å². The number of rotatable bonds is 4. The molecule has 1 aromatic heterocycles. The highest BCUT2D eigenvalue weighted by molar-refractivity contribution is 5.96. The largest absolute Gasteiger partial charge is 0.403 e. The summed E-state index contributed by atoms with van der Waals surface area (Å²) in [7, 11) is 0. The van der Waals surface area contributed by atoms with Gasteiger partial charge in [0, 0.05) is 38.2 Å². The molecule has 0 bridgehead atoms. The molecule has 22 heavy (non-hydrogen) atoms. The first kappa shape index (κ1) is 16.7. The second-order valence-corrected chi connectivity index (χ2v) is 5.62. The molecule has 2 rings (SSSR count). The molecule has 1 saturated heterocycles. The Morgan fingerprint density at radius 3 is 2.68 bits per heavy atom. The van der Waals surface area contributed by atoms with E-state index in [1.165, 1.54) is 12.4 Å². The van der Waals surface area contributed by atoms with Gasteiger partial charge in [-0.15, -0.1) is 0 Å². The van der Waals surface area contributed by atoms with E-state index in [4.69, 9.17) is 10.8 Å². The van der Waals surface area contributed by atoms with E-state index in [-0.39, 0.29) is 12.3 Å². The summed E-state index contributed by atoms with van der Waals surface area (Å²) in [5.74, 6) is -2.89. The maximum atomic E-state index is 12.8. The first-order valence-corrected chi connectivity index (χ1v) is 6.96. The van der Waals surface area contributed by atoms with Crippen LogP contribution in [0.4, 0.5) is 13.2 Å². The quantitative estimate of drug-likeness (QED) is 0.587. The van der Waals surface area contributed by atoms with E-state index in [2.05, 4.69) is 0 Å². The van der Waals surface area contributed by atoms with Gasteiger partial charge in [-0.05, 0) is 24.5 Å². The fourth-order valence-corrected chi connectivity index (χ4v) is 2.59. The smallest absolute Gasteiger partial charge is 0.392 e. The summed E-state index contributed by atoms with van der Waals surface area (Å²) >= 11 is 0. The van der Waals surface area contributed by atoms with Gasteiger partial charge < -0.3 is 15.1 Å². The summed E-state index contributed by atoms with van der Waals surface area (Å²) in [6, 6.07) is 0. The Balaban J connectivity index is 2.15. The molecule has 3 N–H and O–H groups in total. The lowest BCUT2D eigenvalue weighted by Crippen LogP contribution is -2.34. The van der Waals surface area contributed by atoms with Crippen LogP contribution in [0.15, 0.2) is 12.4 Å². The number of halogens is 3. The molecule has 0 aliphatic carbocycles. The fourth-order valence-electron chi connectivity index (χ4n) is 2.59. The van der Waals surface area contributed by atoms with Crippen molar-refractivity contribution in [3.8, 4) is 0 Å². The summed E-state index contributed by atoms with van der Waals surface area (Å²) < 4.78 is 39.5. The van der Waals surface area contributed by atoms with E-state index in [0.29, 0.717) is 19.5 Å². The van der Waals surface area contributed by atoms with Gasteiger partial charge in [0.1, 0.15) is 11.8 Å². The maximum Gasteiger partial charge on any atom is 0.403 e. The molecule has 0 radical (unpaired) electrons. The number of hydrogen-bond acceptors (Lipinski definition) is 4. The fraction of sp³-hybridized carbons (Fsp3) is 0.571. The van der Waals surface area contributed by atoms with Gasteiger partial charge in [-0.1, -0.05) is 0 Å². The van der Waals surface area contributed by atoms with Crippen molar-refractivity contribution in [2.45, 2.75) is 32.2 Å². The number of aliphatic hydroxyl groups excluding tert-OH is 1. The number of nitrogens with zero attached hydrogens (tertiary/aromatic N) is 2. The molecule has 1 aliphatic heterocycles. The lowest BCUT2D eigenvalue weighted by molar-refractivity contribution is -0.138. The van der Waals surface area contributed by atoms with Crippen LogP contribution in [0.5, 0.6) is 0 Å². The SMILES string of the molecule is Cc1cn(C(=N)C(C=N)C(F)(F)F)cc1CN1CCC(O)C1. The Labute approximate surface area is 126 Å². The molecule has 1 aromatic rings. The monoisotopic (exact) mass is 316 g/mol. The molecule has 1 fully saturated rings. The Hall–Kier alpha value is -1.67. The topological polar surface area (TPSA) is 76.1 Å². The molecule has 0 amide bonds. The van der Waals surface area contributed by atoms with Crippen molar-refractivity contribution in [2.24, 2.45) is 5.92 Å².